The van der Waals surface area contributed by atoms with Crippen LogP contribution in [0.4, 0.5) is 11.6 Å². The lowest BCUT2D eigenvalue weighted by Gasteiger charge is -2.28. The van der Waals surface area contributed by atoms with Gasteiger partial charge in [-0.25, -0.2) is 4.68 Å². The molecule has 0 bridgehead atoms. The minimum atomic E-state index is -0.529. The highest BCUT2D eigenvalue weighted by molar-refractivity contribution is 6.05. The summed E-state index contributed by atoms with van der Waals surface area (Å²) in [6, 6.07) is 24.5. The number of ether oxygens (including phenoxy) is 1. The summed E-state index contributed by atoms with van der Waals surface area (Å²) < 4.78 is 7.73. The van der Waals surface area contributed by atoms with E-state index < -0.39 is 6.04 Å². The topological polar surface area (TPSA) is 107 Å². The molecule has 9 heteroatoms. The van der Waals surface area contributed by atoms with Gasteiger partial charge in [-0.05, 0) is 54.4 Å². The van der Waals surface area contributed by atoms with Gasteiger partial charge in [-0.1, -0.05) is 42.5 Å². The highest BCUT2D eigenvalue weighted by Crippen LogP contribution is 2.37. The lowest BCUT2D eigenvalue weighted by molar-refractivity contribution is -0.113. The van der Waals surface area contributed by atoms with E-state index in [9.17, 15) is 4.79 Å². The molecule has 1 amide bonds. The predicted molar refractivity (Wildman–Crippen MR) is 148 cm³/mol. The van der Waals surface area contributed by atoms with E-state index in [4.69, 9.17) is 14.8 Å². The van der Waals surface area contributed by atoms with Crippen LogP contribution in [0.2, 0.25) is 0 Å². The number of hydrogen-bond acceptors (Lipinski definition) is 7. The number of amides is 1. The first-order valence-corrected chi connectivity index (χ1v) is 12.5. The van der Waals surface area contributed by atoms with Crippen molar-refractivity contribution in [1.82, 2.24) is 24.7 Å². The third kappa shape index (κ3) is 5.10. The molecule has 0 fully saturated rings. The number of anilines is 2. The molecule has 192 valence electrons. The summed E-state index contributed by atoms with van der Waals surface area (Å²) in [6.07, 6.45) is 6.69. The number of aromatic nitrogens is 5. The zero-order valence-electron chi connectivity index (χ0n) is 21.2. The van der Waals surface area contributed by atoms with E-state index in [0.717, 1.165) is 22.4 Å². The van der Waals surface area contributed by atoms with Gasteiger partial charge in [0.15, 0.2) is 5.82 Å². The minimum absolute atomic E-state index is 0.258. The Kier molecular flexibility index (Phi) is 6.53. The fourth-order valence-corrected chi connectivity index (χ4v) is 4.49. The molecule has 39 heavy (non-hydrogen) atoms. The predicted octanol–water partition coefficient (Wildman–Crippen LogP) is 5.24. The highest BCUT2D eigenvalue weighted by atomic mass is 16.5. The maximum atomic E-state index is 13.6. The Morgan fingerprint density at radius 1 is 0.949 bits per heavy atom. The summed E-state index contributed by atoms with van der Waals surface area (Å²) in [7, 11) is 0. The molecule has 2 aromatic carbocycles. The van der Waals surface area contributed by atoms with Crippen molar-refractivity contribution in [3.05, 3.63) is 126 Å². The third-order valence-corrected chi connectivity index (χ3v) is 6.38. The van der Waals surface area contributed by atoms with Gasteiger partial charge in [0.25, 0.3) is 5.91 Å². The van der Waals surface area contributed by atoms with Crippen molar-refractivity contribution in [3.63, 3.8) is 0 Å². The molecule has 0 radical (unpaired) electrons. The summed E-state index contributed by atoms with van der Waals surface area (Å²) in [4.78, 5) is 26.6. The second kappa shape index (κ2) is 10.6. The van der Waals surface area contributed by atoms with Gasteiger partial charge in [0.1, 0.15) is 18.4 Å². The van der Waals surface area contributed by atoms with E-state index in [2.05, 4.69) is 20.6 Å². The molecule has 1 aliphatic rings. The Morgan fingerprint density at radius 2 is 1.72 bits per heavy atom. The molecule has 6 rings (SSSR count). The number of hydrogen-bond donors (Lipinski definition) is 2. The summed E-state index contributed by atoms with van der Waals surface area (Å²) in [5, 5.41) is 11.0. The standard InChI is InChI=1S/C30H25N7O2/c1-20-26(29(38)34-24-10-6-16-32-18-24)27(37-30(33-20)35-28(36-37)23-9-5-15-31-17-23)22-11-13-25(14-12-22)39-19-21-7-3-2-4-8-21/h2-18,27H,19H2,1H3,(H,34,38)(H,33,35,36). The molecule has 1 unspecified atom stereocenters. The van der Waals surface area contributed by atoms with Gasteiger partial charge in [0, 0.05) is 29.9 Å². The molecule has 5 aromatic rings. The average Bonchev–Trinajstić information content (AvgIpc) is 3.41. The Hall–Kier alpha value is -5.31. The molecule has 3 aromatic heterocycles. The van der Waals surface area contributed by atoms with Gasteiger partial charge in [-0.15, -0.1) is 5.10 Å². The van der Waals surface area contributed by atoms with Crippen molar-refractivity contribution in [3.8, 4) is 17.1 Å². The summed E-state index contributed by atoms with van der Waals surface area (Å²) in [5.74, 6) is 1.53. The lowest BCUT2D eigenvalue weighted by Crippen LogP contribution is -2.31. The largest absolute Gasteiger partial charge is 0.489 e. The number of pyridine rings is 2. The number of carbonyl (C=O) groups excluding carboxylic acids is 1. The first-order chi connectivity index (χ1) is 19.2. The number of nitrogens with one attached hydrogen (secondary N) is 2. The van der Waals surface area contributed by atoms with Gasteiger partial charge >= 0.3 is 0 Å². The highest BCUT2D eigenvalue weighted by Gasteiger charge is 2.34. The molecule has 4 heterocycles. The second-order valence-electron chi connectivity index (χ2n) is 9.05. The van der Waals surface area contributed by atoms with Crippen LogP contribution in [-0.4, -0.2) is 30.6 Å². The number of nitrogens with zero attached hydrogens (tertiary/aromatic N) is 5. The fourth-order valence-electron chi connectivity index (χ4n) is 4.49. The Balaban J connectivity index is 1.35. The molecule has 0 aliphatic carbocycles. The average molecular weight is 516 g/mol. The quantitative estimate of drug-likeness (QED) is 0.305. The zero-order chi connectivity index (χ0) is 26.6. The van der Waals surface area contributed by atoms with Crippen LogP contribution >= 0.6 is 0 Å². The Labute approximate surface area is 225 Å². The van der Waals surface area contributed by atoms with Gasteiger partial charge in [-0.3, -0.25) is 14.8 Å². The number of benzene rings is 2. The molecule has 0 saturated heterocycles. The van der Waals surface area contributed by atoms with Crippen LogP contribution in [0.15, 0.2) is 115 Å². The van der Waals surface area contributed by atoms with Gasteiger partial charge in [0.2, 0.25) is 5.95 Å². The van der Waals surface area contributed by atoms with Crippen LogP contribution < -0.4 is 15.4 Å². The number of carbonyl (C=O) groups is 1. The van der Waals surface area contributed by atoms with E-state index in [-0.39, 0.29) is 5.91 Å². The molecule has 0 saturated carbocycles. The second-order valence-corrected chi connectivity index (χ2v) is 9.05. The molecular weight excluding hydrogens is 490 g/mol. The Bertz CT molecular complexity index is 1620. The van der Waals surface area contributed by atoms with E-state index in [1.165, 1.54) is 0 Å². The zero-order valence-corrected chi connectivity index (χ0v) is 21.2. The van der Waals surface area contributed by atoms with E-state index in [0.29, 0.717) is 35.3 Å². The summed E-state index contributed by atoms with van der Waals surface area (Å²) >= 11 is 0. The van der Waals surface area contributed by atoms with Crippen LogP contribution in [0.1, 0.15) is 24.1 Å². The van der Waals surface area contributed by atoms with Crippen LogP contribution in [0.25, 0.3) is 11.4 Å². The van der Waals surface area contributed by atoms with Crippen molar-refractivity contribution >= 4 is 17.5 Å². The number of allylic oxidation sites excluding steroid dienone is 1. The lowest BCUT2D eigenvalue weighted by atomic mass is 9.95. The van der Waals surface area contributed by atoms with E-state index in [1.807, 2.05) is 73.7 Å². The van der Waals surface area contributed by atoms with Crippen molar-refractivity contribution in [2.45, 2.75) is 19.6 Å². The molecule has 1 atom stereocenters. The van der Waals surface area contributed by atoms with Crippen LogP contribution in [-0.2, 0) is 11.4 Å². The van der Waals surface area contributed by atoms with Crippen LogP contribution in [0.5, 0.6) is 5.75 Å². The van der Waals surface area contributed by atoms with Crippen molar-refractivity contribution in [2.75, 3.05) is 10.6 Å². The number of rotatable bonds is 7. The smallest absolute Gasteiger partial charge is 0.255 e. The maximum absolute atomic E-state index is 13.6. The van der Waals surface area contributed by atoms with Crippen LogP contribution in [0, 0.1) is 0 Å². The van der Waals surface area contributed by atoms with Crippen molar-refractivity contribution in [1.29, 1.82) is 0 Å². The minimum Gasteiger partial charge on any atom is -0.489 e. The SMILES string of the molecule is CC1=C(C(=O)Nc2cccnc2)C(c2ccc(OCc3ccccc3)cc2)n2nc(-c3cccnc3)nc2N1. The normalized spacial score (nSPS) is 14.3. The first kappa shape index (κ1) is 24.1. The van der Waals surface area contributed by atoms with Gasteiger partial charge < -0.3 is 15.4 Å². The maximum Gasteiger partial charge on any atom is 0.255 e. The van der Waals surface area contributed by atoms with Gasteiger partial charge in [0.05, 0.1) is 17.5 Å². The van der Waals surface area contributed by atoms with E-state index >= 15 is 0 Å². The Morgan fingerprint density at radius 3 is 2.44 bits per heavy atom. The molecule has 1 aliphatic heterocycles. The molecule has 0 spiro atoms. The molecular formula is C30H25N7O2. The third-order valence-electron chi connectivity index (χ3n) is 6.38. The number of fused-ring (bicyclic) bond motifs is 1. The van der Waals surface area contributed by atoms with Crippen molar-refractivity contribution in [2.24, 2.45) is 0 Å². The monoisotopic (exact) mass is 515 g/mol. The summed E-state index contributed by atoms with van der Waals surface area (Å²) in [6.45, 7) is 2.33. The molecule has 9 nitrogen and oxygen atoms in total. The van der Waals surface area contributed by atoms with Crippen molar-refractivity contribution < 1.29 is 9.53 Å². The molecule has 2 N–H and O–H groups in total. The summed E-state index contributed by atoms with van der Waals surface area (Å²) in [5.41, 5.74) is 4.54. The van der Waals surface area contributed by atoms with E-state index in [1.54, 1.807) is 41.6 Å². The van der Waals surface area contributed by atoms with Gasteiger partial charge in [-0.2, -0.15) is 4.98 Å². The fraction of sp³-hybridized carbons (Fsp3) is 0.100. The van der Waals surface area contributed by atoms with Crippen LogP contribution in [0.3, 0.4) is 0 Å². The first-order valence-electron chi connectivity index (χ1n) is 12.5.